The molecule has 0 aliphatic carbocycles. The van der Waals surface area contributed by atoms with Gasteiger partial charge in [-0.05, 0) is 49.2 Å². The number of nitrogens with zero attached hydrogens (tertiary/aromatic N) is 3. The maximum absolute atomic E-state index is 13.2. The molecule has 0 saturated carbocycles. The van der Waals surface area contributed by atoms with E-state index in [0.29, 0.717) is 38.5 Å². The number of rotatable bonds is 4. The van der Waals surface area contributed by atoms with Gasteiger partial charge in [-0.1, -0.05) is 12.1 Å². The van der Waals surface area contributed by atoms with Crippen molar-refractivity contribution in [3.63, 3.8) is 0 Å². The second-order valence-corrected chi connectivity index (χ2v) is 7.33. The molecule has 4 rings (SSSR count). The lowest BCUT2D eigenvalue weighted by Crippen LogP contribution is -2.52. The molecule has 2 aliphatic heterocycles. The van der Waals surface area contributed by atoms with Crippen molar-refractivity contribution in [2.24, 2.45) is 0 Å². The molecule has 0 N–H and O–H groups in total. The van der Waals surface area contributed by atoms with Crippen LogP contribution in [0.15, 0.2) is 47.1 Å². The van der Waals surface area contributed by atoms with Gasteiger partial charge in [-0.15, -0.1) is 0 Å². The molecule has 1 aromatic carbocycles. The van der Waals surface area contributed by atoms with Crippen LogP contribution in [0.4, 0.5) is 4.39 Å². The smallest absolute Gasteiger partial charge is 0.289 e. The highest BCUT2D eigenvalue weighted by molar-refractivity contribution is 5.91. The Morgan fingerprint density at radius 3 is 2.39 bits per heavy atom. The van der Waals surface area contributed by atoms with Gasteiger partial charge in [-0.3, -0.25) is 14.5 Å². The van der Waals surface area contributed by atoms with E-state index >= 15 is 0 Å². The molecule has 2 saturated heterocycles. The molecule has 1 atom stereocenters. The van der Waals surface area contributed by atoms with Crippen LogP contribution in [0.3, 0.4) is 0 Å². The lowest BCUT2D eigenvalue weighted by Gasteiger charge is -2.35. The third-order valence-corrected chi connectivity index (χ3v) is 5.61. The van der Waals surface area contributed by atoms with E-state index in [0.717, 1.165) is 24.9 Å². The van der Waals surface area contributed by atoms with Crippen LogP contribution in [0.1, 0.15) is 35.0 Å². The molecule has 0 spiro atoms. The van der Waals surface area contributed by atoms with Gasteiger partial charge in [0.2, 0.25) is 5.91 Å². The summed E-state index contributed by atoms with van der Waals surface area (Å²) in [5.74, 6) is 0.0393. The summed E-state index contributed by atoms with van der Waals surface area (Å²) in [4.78, 5) is 30.9. The first-order chi connectivity index (χ1) is 13.6. The number of carbonyl (C=O) groups excluding carboxylic acids is 2. The van der Waals surface area contributed by atoms with Crippen molar-refractivity contribution in [2.45, 2.75) is 18.9 Å². The fourth-order valence-corrected chi connectivity index (χ4v) is 4.07. The molecular weight excluding hydrogens is 361 g/mol. The number of halogens is 1. The van der Waals surface area contributed by atoms with Gasteiger partial charge in [0.05, 0.1) is 12.8 Å². The maximum Gasteiger partial charge on any atom is 0.289 e. The Balaban J connectivity index is 1.31. The van der Waals surface area contributed by atoms with Gasteiger partial charge in [-0.2, -0.15) is 0 Å². The highest BCUT2D eigenvalue weighted by Gasteiger charge is 2.31. The highest BCUT2D eigenvalue weighted by atomic mass is 19.1. The standard InChI is InChI=1S/C21H24FN3O3/c22-17-7-5-16(6-8-17)18-3-1-9-25(18)15-20(26)23-10-12-24(13-11-23)21(27)19-4-2-14-28-19/h2,4-8,14,18H,1,3,9-13,15H2/t18-/m1/s1. The summed E-state index contributed by atoms with van der Waals surface area (Å²) < 4.78 is 18.4. The van der Waals surface area contributed by atoms with Gasteiger partial charge >= 0.3 is 0 Å². The predicted molar refractivity (Wildman–Crippen MR) is 101 cm³/mol. The Kier molecular flexibility index (Phi) is 5.43. The third-order valence-electron chi connectivity index (χ3n) is 5.61. The fraction of sp³-hybridized carbons (Fsp3) is 0.429. The van der Waals surface area contributed by atoms with Crippen LogP contribution >= 0.6 is 0 Å². The third kappa shape index (κ3) is 3.94. The van der Waals surface area contributed by atoms with Gasteiger partial charge in [0.1, 0.15) is 5.82 Å². The Hall–Kier alpha value is -2.67. The second-order valence-electron chi connectivity index (χ2n) is 7.33. The lowest BCUT2D eigenvalue weighted by molar-refractivity contribution is -0.134. The monoisotopic (exact) mass is 385 g/mol. The van der Waals surface area contributed by atoms with Crippen LogP contribution in [0, 0.1) is 5.82 Å². The zero-order valence-electron chi connectivity index (χ0n) is 15.7. The van der Waals surface area contributed by atoms with Crippen LogP contribution in [0.5, 0.6) is 0 Å². The summed E-state index contributed by atoms with van der Waals surface area (Å²) in [6, 6.07) is 10.1. The first-order valence-electron chi connectivity index (χ1n) is 9.72. The van der Waals surface area contributed by atoms with Crippen LogP contribution in [-0.4, -0.2) is 65.8 Å². The number of benzene rings is 1. The fourth-order valence-electron chi connectivity index (χ4n) is 4.07. The zero-order valence-corrected chi connectivity index (χ0v) is 15.7. The molecule has 2 fully saturated rings. The Bertz CT molecular complexity index is 814. The maximum atomic E-state index is 13.2. The van der Waals surface area contributed by atoms with E-state index in [1.807, 2.05) is 17.0 Å². The first kappa shape index (κ1) is 18.7. The van der Waals surface area contributed by atoms with Crippen molar-refractivity contribution in [1.29, 1.82) is 0 Å². The van der Waals surface area contributed by atoms with Crippen molar-refractivity contribution < 1.29 is 18.4 Å². The number of carbonyl (C=O) groups is 2. The minimum atomic E-state index is -0.244. The molecule has 2 aliphatic rings. The topological polar surface area (TPSA) is 57.0 Å². The summed E-state index contributed by atoms with van der Waals surface area (Å²) in [5, 5.41) is 0. The van der Waals surface area contributed by atoms with Gasteiger partial charge in [0, 0.05) is 32.2 Å². The highest BCUT2D eigenvalue weighted by Crippen LogP contribution is 2.31. The molecule has 148 valence electrons. The molecule has 0 bridgehead atoms. The number of amides is 2. The number of hydrogen-bond donors (Lipinski definition) is 0. The Labute approximate surface area is 163 Å². The molecule has 1 aromatic heterocycles. The second kappa shape index (κ2) is 8.14. The molecule has 28 heavy (non-hydrogen) atoms. The van der Waals surface area contributed by atoms with Gasteiger partial charge in [0.25, 0.3) is 5.91 Å². The number of hydrogen-bond acceptors (Lipinski definition) is 4. The summed E-state index contributed by atoms with van der Waals surface area (Å²) in [6.45, 7) is 3.29. The largest absolute Gasteiger partial charge is 0.459 e. The summed E-state index contributed by atoms with van der Waals surface area (Å²) in [6.07, 6.45) is 3.49. The Morgan fingerprint density at radius 1 is 1.00 bits per heavy atom. The van der Waals surface area contributed by atoms with Gasteiger partial charge in [-0.25, -0.2) is 4.39 Å². The van der Waals surface area contributed by atoms with E-state index in [1.54, 1.807) is 17.0 Å². The molecule has 6 nitrogen and oxygen atoms in total. The molecule has 2 amide bonds. The van der Waals surface area contributed by atoms with Crippen molar-refractivity contribution in [3.8, 4) is 0 Å². The van der Waals surface area contributed by atoms with E-state index in [9.17, 15) is 14.0 Å². The lowest BCUT2D eigenvalue weighted by atomic mass is 10.0. The van der Waals surface area contributed by atoms with Crippen molar-refractivity contribution in [3.05, 3.63) is 59.8 Å². The van der Waals surface area contributed by atoms with Crippen LogP contribution in [0.25, 0.3) is 0 Å². The summed E-state index contributed by atoms with van der Waals surface area (Å²) >= 11 is 0. The molecule has 7 heteroatoms. The first-order valence-corrected chi connectivity index (χ1v) is 9.72. The molecule has 3 heterocycles. The van der Waals surface area contributed by atoms with Crippen LogP contribution in [-0.2, 0) is 4.79 Å². The molecular formula is C21H24FN3O3. The normalized spacial score (nSPS) is 20.5. The minimum absolute atomic E-state index is 0.0825. The summed E-state index contributed by atoms with van der Waals surface area (Å²) in [7, 11) is 0. The predicted octanol–water partition coefficient (Wildman–Crippen LogP) is 2.54. The van der Waals surface area contributed by atoms with E-state index < -0.39 is 0 Å². The summed E-state index contributed by atoms with van der Waals surface area (Å²) in [5.41, 5.74) is 1.06. The van der Waals surface area contributed by atoms with E-state index in [2.05, 4.69) is 4.90 Å². The van der Waals surface area contributed by atoms with Crippen molar-refractivity contribution in [1.82, 2.24) is 14.7 Å². The van der Waals surface area contributed by atoms with Gasteiger partial charge in [0.15, 0.2) is 5.76 Å². The van der Waals surface area contributed by atoms with E-state index in [-0.39, 0.29) is 23.7 Å². The molecule has 0 unspecified atom stereocenters. The van der Waals surface area contributed by atoms with Crippen molar-refractivity contribution in [2.75, 3.05) is 39.3 Å². The van der Waals surface area contributed by atoms with Crippen molar-refractivity contribution >= 4 is 11.8 Å². The van der Waals surface area contributed by atoms with Crippen LogP contribution in [0.2, 0.25) is 0 Å². The zero-order chi connectivity index (χ0) is 19.5. The van der Waals surface area contributed by atoms with E-state index in [4.69, 9.17) is 4.42 Å². The molecule has 0 radical (unpaired) electrons. The number of piperazine rings is 1. The van der Waals surface area contributed by atoms with E-state index in [1.165, 1.54) is 18.4 Å². The van der Waals surface area contributed by atoms with Gasteiger partial charge < -0.3 is 14.2 Å². The minimum Gasteiger partial charge on any atom is -0.459 e. The number of furan rings is 1. The average Bonchev–Trinajstić information content (AvgIpc) is 3.40. The quantitative estimate of drug-likeness (QED) is 0.812. The number of likely N-dealkylation sites (tertiary alicyclic amines) is 1. The molecule has 2 aromatic rings. The SMILES string of the molecule is O=C(CN1CCC[C@@H]1c1ccc(F)cc1)N1CCN(C(=O)c2ccco2)CC1. The Morgan fingerprint density at radius 2 is 1.71 bits per heavy atom. The average molecular weight is 385 g/mol. The van der Waals surface area contributed by atoms with Crippen LogP contribution < -0.4 is 0 Å².